The molecule has 24 heavy (non-hydrogen) atoms. The van der Waals surface area contributed by atoms with Gasteiger partial charge in [-0.2, -0.15) is 0 Å². The fourth-order valence-electron chi connectivity index (χ4n) is 1.82. The van der Waals surface area contributed by atoms with Crippen LogP contribution in [0, 0.1) is 5.82 Å². The molecule has 2 aromatic rings. The van der Waals surface area contributed by atoms with Gasteiger partial charge in [0.15, 0.2) is 5.96 Å². The van der Waals surface area contributed by atoms with E-state index in [1.807, 2.05) is 18.5 Å². The quantitative estimate of drug-likeness (QED) is 0.196. The minimum absolute atomic E-state index is 0. The van der Waals surface area contributed by atoms with Crippen LogP contribution in [0.1, 0.15) is 18.9 Å². The molecule has 4 nitrogen and oxygen atoms in total. The molecule has 0 aliphatic heterocycles. The van der Waals surface area contributed by atoms with Crippen LogP contribution in [-0.4, -0.2) is 29.8 Å². The number of nitrogens with zero attached hydrogens (tertiary/aromatic N) is 2. The van der Waals surface area contributed by atoms with Crippen molar-refractivity contribution in [2.24, 2.45) is 4.99 Å². The lowest BCUT2D eigenvalue weighted by atomic mass is 10.2. The van der Waals surface area contributed by atoms with Gasteiger partial charge in [-0.3, -0.25) is 0 Å². The van der Waals surface area contributed by atoms with Crippen LogP contribution in [0.15, 0.2) is 45.2 Å². The zero-order valence-electron chi connectivity index (χ0n) is 13.5. The Morgan fingerprint density at radius 3 is 2.75 bits per heavy atom. The molecule has 1 aromatic carbocycles. The summed E-state index contributed by atoms with van der Waals surface area (Å²) in [6.45, 7) is 4.23. The maximum atomic E-state index is 12.9. The molecule has 0 atom stereocenters. The number of benzene rings is 1. The maximum absolute atomic E-state index is 12.9. The lowest BCUT2D eigenvalue weighted by Gasteiger charge is -2.11. The van der Waals surface area contributed by atoms with Crippen LogP contribution in [0.4, 0.5) is 4.39 Å². The van der Waals surface area contributed by atoms with Gasteiger partial charge in [-0.15, -0.1) is 35.3 Å². The molecular weight excluding hydrogens is 458 g/mol. The highest BCUT2D eigenvalue weighted by molar-refractivity contribution is 14.0. The van der Waals surface area contributed by atoms with Crippen LogP contribution in [0.25, 0.3) is 0 Å². The predicted octanol–water partition coefficient (Wildman–Crippen LogP) is 4.14. The summed E-state index contributed by atoms with van der Waals surface area (Å²) < 4.78 is 14.0. The first-order valence-electron chi connectivity index (χ1n) is 7.57. The summed E-state index contributed by atoms with van der Waals surface area (Å²) in [5.41, 5.74) is 0.989. The second-order valence-corrected chi connectivity index (χ2v) is 6.99. The van der Waals surface area contributed by atoms with Crippen LogP contribution < -0.4 is 10.6 Å². The molecule has 2 N–H and O–H groups in total. The summed E-state index contributed by atoms with van der Waals surface area (Å²) in [7, 11) is 0. The summed E-state index contributed by atoms with van der Waals surface area (Å²) in [5, 5.41) is 8.53. The molecule has 0 unspecified atom stereocenters. The van der Waals surface area contributed by atoms with Gasteiger partial charge >= 0.3 is 0 Å². The maximum Gasteiger partial charge on any atom is 0.191 e. The summed E-state index contributed by atoms with van der Waals surface area (Å²) in [5.74, 6) is 1.59. The van der Waals surface area contributed by atoms with Gasteiger partial charge in [0.1, 0.15) is 10.2 Å². The second-order valence-electron chi connectivity index (χ2n) is 4.75. The number of thiazole rings is 1. The van der Waals surface area contributed by atoms with Crippen LogP contribution in [0.5, 0.6) is 0 Å². The highest BCUT2D eigenvalue weighted by Gasteiger charge is 1.99. The third-order valence-corrected chi connectivity index (χ3v) is 4.98. The van der Waals surface area contributed by atoms with Crippen molar-refractivity contribution in [1.82, 2.24) is 15.6 Å². The Kier molecular flexibility index (Phi) is 11.0. The van der Waals surface area contributed by atoms with E-state index in [0.29, 0.717) is 6.54 Å². The van der Waals surface area contributed by atoms with Crippen molar-refractivity contribution < 1.29 is 4.39 Å². The average molecular weight is 480 g/mol. The number of hydrogen-bond donors (Lipinski definition) is 2. The number of nitrogens with one attached hydrogen (secondary N) is 2. The normalized spacial score (nSPS) is 11.0. The predicted molar refractivity (Wildman–Crippen MR) is 112 cm³/mol. The van der Waals surface area contributed by atoms with Gasteiger partial charge in [0, 0.05) is 30.4 Å². The van der Waals surface area contributed by atoms with E-state index in [-0.39, 0.29) is 29.8 Å². The topological polar surface area (TPSA) is 49.3 Å². The average Bonchev–Trinajstić information content (AvgIpc) is 3.07. The fourth-order valence-corrected chi connectivity index (χ4v) is 3.47. The van der Waals surface area contributed by atoms with E-state index in [1.165, 1.54) is 12.1 Å². The van der Waals surface area contributed by atoms with Gasteiger partial charge in [-0.05, 0) is 31.0 Å². The molecule has 0 aliphatic carbocycles. The Labute approximate surface area is 167 Å². The zero-order valence-corrected chi connectivity index (χ0v) is 17.5. The van der Waals surface area contributed by atoms with E-state index in [9.17, 15) is 4.39 Å². The fraction of sp³-hybridized carbons (Fsp3) is 0.375. The Balaban J connectivity index is 0.00000288. The molecule has 132 valence electrons. The molecule has 2 rings (SSSR count). The highest BCUT2D eigenvalue weighted by Crippen LogP contribution is 2.20. The molecule has 1 aromatic heterocycles. The van der Waals surface area contributed by atoms with Crippen LogP contribution in [0.3, 0.4) is 0 Å². The summed E-state index contributed by atoms with van der Waals surface area (Å²) in [6, 6.07) is 6.43. The Bertz CT molecular complexity index is 591. The van der Waals surface area contributed by atoms with Crippen LogP contribution >= 0.6 is 47.1 Å². The number of rotatable bonds is 8. The smallest absolute Gasteiger partial charge is 0.191 e. The molecule has 0 saturated carbocycles. The van der Waals surface area contributed by atoms with E-state index in [0.717, 1.165) is 41.1 Å². The third kappa shape index (κ3) is 8.29. The van der Waals surface area contributed by atoms with Gasteiger partial charge in [0.25, 0.3) is 0 Å². The van der Waals surface area contributed by atoms with Crippen LogP contribution in [0.2, 0.25) is 0 Å². The molecular formula is C16H22FIN4S2. The number of aliphatic imine (C=N–C) groups is 1. The Morgan fingerprint density at radius 2 is 2.08 bits per heavy atom. The Morgan fingerprint density at radius 1 is 1.29 bits per heavy atom. The van der Waals surface area contributed by atoms with E-state index in [2.05, 4.69) is 20.6 Å². The minimum Gasteiger partial charge on any atom is -0.357 e. The van der Waals surface area contributed by atoms with Gasteiger partial charge in [-0.1, -0.05) is 23.9 Å². The summed E-state index contributed by atoms with van der Waals surface area (Å²) in [6.07, 6.45) is 2.86. The number of thioether (sulfide) groups is 1. The van der Waals surface area contributed by atoms with E-state index in [1.54, 1.807) is 35.2 Å². The van der Waals surface area contributed by atoms with Crippen molar-refractivity contribution in [3.63, 3.8) is 0 Å². The van der Waals surface area contributed by atoms with E-state index in [4.69, 9.17) is 0 Å². The molecule has 0 fully saturated rings. The summed E-state index contributed by atoms with van der Waals surface area (Å²) >= 11 is 3.45. The van der Waals surface area contributed by atoms with Gasteiger partial charge in [0.05, 0.1) is 6.54 Å². The summed E-state index contributed by atoms with van der Waals surface area (Å²) in [4.78, 5) is 8.76. The lowest BCUT2D eigenvalue weighted by Crippen LogP contribution is -2.37. The number of hydrogen-bond acceptors (Lipinski definition) is 4. The lowest BCUT2D eigenvalue weighted by molar-refractivity contribution is 0.627. The molecule has 1 heterocycles. The standard InChI is InChI=1S/C16H21FN4S2.HI/c1-2-18-15(21-12-13-4-6-14(17)7-5-13)19-8-3-10-22-16-20-9-11-23-16;/h4-7,9,11H,2-3,8,10,12H2,1H3,(H2,18,19,21);1H. The molecule has 0 bridgehead atoms. The van der Waals surface area contributed by atoms with Gasteiger partial charge in [-0.25, -0.2) is 14.4 Å². The SMILES string of the molecule is CCNC(=NCc1ccc(F)cc1)NCCCSc1nccs1.I. The van der Waals surface area contributed by atoms with Crippen molar-refractivity contribution in [2.45, 2.75) is 24.2 Å². The first kappa shape index (κ1) is 21.2. The minimum atomic E-state index is -0.222. The molecule has 0 saturated heterocycles. The van der Waals surface area contributed by atoms with Crippen molar-refractivity contribution in [3.8, 4) is 0 Å². The van der Waals surface area contributed by atoms with Gasteiger partial charge < -0.3 is 10.6 Å². The monoisotopic (exact) mass is 480 g/mol. The first-order valence-corrected chi connectivity index (χ1v) is 9.43. The highest BCUT2D eigenvalue weighted by atomic mass is 127. The van der Waals surface area contributed by atoms with Crippen LogP contribution in [-0.2, 0) is 6.54 Å². The molecule has 8 heteroatoms. The Hall–Kier alpha value is -0.870. The van der Waals surface area contributed by atoms with Crippen molar-refractivity contribution in [3.05, 3.63) is 47.2 Å². The number of halogens is 2. The van der Waals surface area contributed by atoms with Crippen molar-refractivity contribution in [2.75, 3.05) is 18.8 Å². The van der Waals surface area contributed by atoms with E-state index >= 15 is 0 Å². The molecule has 0 radical (unpaired) electrons. The number of aromatic nitrogens is 1. The third-order valence-electron chi connectivity index (χ3n) is 2.93. The largest absolute Gasteiger partial charge is 0.357 e. The van der Waals surface area contributed by atoms with Crippen molar-refractivity contribution >= 4 is 53.0 Å². The first-order chi connectivity index (χ1) is 11.3. The molecule has 0 aliphatic rings. The van der Waals surface area contributed by atoms with Crippen molar-refractivity contribution in [1.29, 1.82) is 0 Å². The van der Waals surface area contributed by atoms with Gasteiger partial charge in [0.2, 0.25) is 0 Å². The van der Waals surface area contributed by atoms with E-state index < -0.39 is 0 Å². The number of guanidine groups is 1. The molecule has 0 amide bonds. The molecule has 0 spiro atoms. The second kappa shape index (κ2) is 12.5. The zero-order chi connectivity index (χ0) is 16.3.